The van der Waals surface area contributed by atoms with Gasteiger partial charge in [-0.25, -0.2) is 8.78 Å². The summed E-state index contributed by atoms with van der Waals surface area (Å²) in [5.41, 5.74) is 0.117. The van der Waals surface area contributed by atoms with Gasteiger partial charge >= 0.3 is 0 Å². The summed E-state index contributed by atoms with van der Waals surface area (Å²) in [6.07, 6.45) is 1.54. The van der Waals surface area contributed by atoms with Crippen LogP contribution in [0.4, 0.5) is 8.78 Å². The summed E-state index contributed by atoms with van der Waals surface area (Å²) in [7, 11) is 1.55. The summed E-state index contributed by atoms with van der Waals surface area (Å²) in [5, 5.41) is 2.56. The number of carbonyl (C=O) groups is 2. The van der Waals surface area contributed by atoms with E-state index < -0.39 is 11.6 Å². The number of ketones is 1. The number of carbonyl (C=O) groups excluding carboxylic acids is 2. The van der Waals surface area contributed by atoms with Gasteiger partial charge in [-0.1, -0.05) is 0 Å². The number of hydrogen-bond donors (Lipinski definition) is 1. The fourth-order valence-electron chi connectivity index (χ4n) is 2.42. The lowest BCUT2D eigenvalue weighted by molar-refractivity contribution is -0.124. The van der Waals surface area contributed by atoms with Crippen LogP contribution < -0.4 is 5.32 Å². The highest BCUT2D eigenvalue weighted by atomic mass is 19.2. The molecule has 4 nitrogen and oxygen atoms in total. The normalized spacial score (nSPS) is 19.1. The maximum atomic E-state index is 13.1. The Morgan fingerprint density at radius 1 is 1.35 bits per heavy atom. The molecule has 1 N–H and O–H groups in total. The number of hydrogen-bond acceptors (Lipinski definition) is 3. The Balaban J connectivity index is 2.07. The smallest absolute Gasteiger partial charge is 0.237 e. The van der Waals surface area contributed by atoms with E-state index in [1.807, 2.05) is 0 Å². The van der Waals surface area contributed by atoms with Crippen LogP contribution in [0.15, 0.2) is 18.2 Å². The van der Waals surface area contributed by atoms with Crippen LogP contribution in [0.25, 0.3) is 0 Å². The third-order valence-electron chi connectivity index (χ3n) is 3.50. The molecule has 20 heavy (non-hydrogen) atoms. The lowest BCUT2D eigenvalue weighted by Crippen LogP contribution is -2.44. The molecule has 2 rings (SSSR count). The van der Waals surface area contributed by atoms with E-state index in [4.69, 9.17) is 0 Å². The fourth-order valence-corrected chi connectivity index (χ4v) is 2.42. The predicted octanol–water partition coefficient (Wildman–Crippen LogP) is 1.36. The summed E-state index contributed by atoms with van der Waals surface area (Å²) < 4.78 is 25.9. The average Bonchev–Trinajstić information content (AvgIpc) is 2.89. The molecule has 1 aromatic rings. The molecule has 1 unspecified atom stereocenters. The molecule has 6 heteroatoms. The topological polar surface area (TPSA) is 49.4 Å². The number of rotatable bonds is 4. The molecular weight excluding hydrogens is 266 g/mol. The van der Waals surface area contributed by atoms with Gasteiger partial charge in [0.2, 0.25) is 5.91 Å². The minimum atomic E-state index is -1.04. The number of Topliss-reactive ketones (excluding diaryl/α,β-unsaturated/α-hetero) is 1. The summed E-state index contributed by atoms with van der Waals surface area (Å²) in [6.45, 7) is 0.677. The molecule has 1 aliphatic heterocycles. The Kier molecular flexibility index (Phi) is 4.44. The molecule has 1 fully saturated rings. The van der Waals surface area contributed by atoms with E-state index in [1.54, 1.807) is 11.9 Å². The minimum Gasteiger partial charge on any atom is -0.358 e. The number of likely N-dealkylation sites (tertiary alicyclic amines) is 1. The van der Waals surface area contributed by atoms with Crippen molar-refractivity contribution >= 4 is 11.7 Å². The Hall–Kier alpha value is -1.82. The van der Waals surface area contributed by atoms with Crippen LogP contribution >= 0.6 is 0 Å². The van der Waals surface area contributed by atoms with Crippen molar-refractivity contribution in [2.45, 2.75) is 18.9 Å². The summed E-state index contributed by atoms with van der Waals surface area (Å²) in [4.78, 5) is 25.5. The van der Waals surface area contributed by atoms with Crippen molar-refractivity contribution in [1.82, 2.24) is 10.2 Å². The average molecular weight is 282 g/mol. The number of halogens is 2. The van der Waals surface area contributed by atoms with Gasteiger partial charge in [0.15, 0.2) is 17.4 Å². The molecule has 1 saturated heterocycles. The predicted molar refractivity (Wildman–Crippen MR) is 69.4 cm³/mol. The molecule has 1 amide bonds. The molecule has 108 valence electrons. The van der Waals surface area contributed by atoms with Crippen LogP contribution in [0.2, 0.25) is 0 Å². The molecular formula is C14H16F2N2O2. The number of benzene rings is 1. The van der Waals surface area contributed by atoms with Crippen LogP contribution in [0.1, 0.15) is 23.2 Å². The zero-order valence-corrected chi connectivity index (χ0v) is 11.2. The van der Waals surface area contributed by atoms with Gasteiger partial charge in [0.25, 0.3) is 0 Å². The van der Waals surface area contributed by atoms with E-state index in [1.165, 1.54) is 6.07 Å². The second-order valence-corrected chi connectivity index (χ2v) is 4.79. The van der Waals surface area contributed by atoms with Crippen LogP contribution in [0, 0.1) is 11.6 Å². The summed E-state index contributed by atoms with van der Waals surface area (Å²) >= 11 is 0. The lowest BCUT2D eigenvalue weighted by Gasteiger charge is -2.22. The van der Waals surface area contributed by atoms with Gasteiger partial charge in [0.05, 0.1) is 12.6 Å². The van der Waals surface area contributed by atoms with Crippen molar-refractivity contribution in [2.75, 3.05) is 20.1 Å². The molecule has 0 saturated carbocycles. The molecule has 0 bridgehead atoms. The van der Waals surface area contributed by atoms with Crippen LogP contribution in [-0.4, -0.2) is 42.8 Å². The van der Waals surface area contributed by atoms with E-state index in [0.717, 1.165) is 18.6 Å². The number of amides is 1. The first kappa shape index (κ1) is 14.6. The third-order valence-corrected chi connectivity index (χ3v) is 3.50. The molecule has 0 aliphatic carbocycles. The zero-order valence-electron chi connectivity index (χ0n) is 11.2. The fraction of sp³-hybridized carbons (Fsp3) is 0.429. The molecule has 0 spiro atoms. The molecule has 0 aromatic heterocycles. The van der Waals surface area contributed by atoms with Gasteiger partial charge in [0.1, 0.15) is 0 Å². The second kappa shape index (κ2) is 6.09. The van der Waals surface area contributed by atoms with Crippen molar-refractivity contribution in [1.29, 1.82) is 0 Å². The number of nitrogens with zero attached hydrogens (tertiary/aromatic N) is 1. The van der Waals surface area contributed by atoms with Crippen molar-refractivity contribution in [3.8, 4) is 0 Å². The highest BCUT2D eigenvalue weighted by molar-refractivity contribution is 5.98. The van der Waals surface area contributed by atoms with E-state index in [-0.39, 0.29) is 29.8 Å². The number of likely N-dealkylation sites (N-methyl/N-ethyl adjacent to an activating group) is 1. The minimum absolute atomic E-state index is 0.0309. The van der Waals surface area contributed by atoms with Gasteiger partial charge in [-0.05, 0) is 37.6 Å². The Bertz CT molecular complexity index is 534. The monoisotopic (exact) mass is 282 g/mol. The maximum absolute atomic E-state index is 13.1. The first-order valence-electron chi connectivity index (χ1n) is 6.47. The zero-order chi connectivity index (χ0) is 14.7. The SMILES string of the molecule is CNC(=O)C1CCCN1CC(=O)c1ccc(F)c(F)c1. The van der Waals surface area contributed by atoms with Crippen LogP contribution in [0.3, 0.4) is 0 Å². The quantitative estimate of drug-likeness (QED) is 0.848. The van der Waals surface area contributed by atoms with Crippen LogP contribution in [0.5, 0.6) is 0 Å². The van der Waals surface area contributed by atoms with Crippen molar-refractivity contribution < 1.29 is 18.4 Å². The molecule has 1 atom stereocenters. The van der Waals surface area contributed by atoms with E-state index in [9.17, 15) is 18.4 Å². The molecule has 1 aromatic carbocycles. The number of nitrogens with one attached hydrogen (secondary N) is 1. The Morgan fingerprint density at radius 3 is 2.75 bits per heavy atom. The highest BCUT2D eigenvalue weighted by Crippen LogP contribution is 2.18. The van der Waals surface area contributed by atoms with E-state index in [0.29, 0.717) is 13.0 Å². The van der Waals surface area contributed by atoms with Gasteiger partial charge in [-0.2, -0.15) is 0 Å². The summed E-state index contributed by atoms with van der Waals surface area (Å²) in [5.74, 6) is -2.47. The van der Waals surface area contributed by atoms with Gasteiger partial charge in [-0.15, -0.1) is 0 Å². The summed E-state index contributed by atoms with van der Waals surface area (Å²) in [6, 6.07) is 2.76. The van der Waals surface area contributed by atoms with Gasteiger partial charge < -0.3 is 5.32 Å². The van der Waals surface area contributed by atoms with Crippen LogP contribution in [-0.2, 0) is 4.79 Å². The highest BCUT2D eigenvalue weighted by Gasteiger charge is 2.31. The van der Waals surface area contributed by atoms with E-state index >= 15 is 0 Å². The van der Waals surface area contributed by atoms with Gasteiger partial charge in [-0.3, -0.25) is 14.5 Å². The lowest BCUT2D eigenvalue weighted by atomic mass is 10.1. The maximum Gasteiger partial charge on any atom is 0.237 e. The third kappa shape index (κ3) is 3.01. The van der Waals surface area contributed by atoms with Gasteiger partial charge in [0, 0.05) is 12.6 Å². The van der Waals surface area contributed by atoms with Crippen molar-refractivity contribution in [3.05, 3.63) is 35.4 Å². The molecule has 1 heterocycles. The first-order valence-corrected chi connectivity index (χ1v) is 6.47. The van der Waals surface area contributed by atoms with Crippen molar-refractivity contribution in [2.24, 2.45) is 0 Å². The second-order valence-electron chi connectivity index (χ2n) is 4.79. The largest absolute Gasteiger partial charge is 0.358 e. The standard InChI is InChI=1S/C14H16F2N2O2/c1-17-14(20)12-3-2-6-18(12)8-13(19)9-4-5-10(15)11(16)7-9/h4-5,7,12H,2-3,6,8H2,1H3,(H,17,20). The Morgan fingerprint density at radius 2 is 2.10 bits per heavy atom. The first-order chi connectivity index (χ1) is 9.52. The van der Waals surface area contributed by atoms with E-state index in [2.05, 4.69) is 5.32 Å². The van der Waals surface area contributed by atoms with Crippen molar-refractivity contribution in [3.63, 3.8) is 0 Å². The Labute approximate surface area is 115 Å². The molecule has 1 aliphatic rings. The molecule has 0 radical (unpaired) electrons.